The first-order valence-electron chi connectivity index (χ1n) is 4.82. The Bertz CT molecular complexity index is 441. The molecule has 2 aromatic rings. The molecule has 0 aliphatic heterocycles. The van der Waals surface area contributed by atoms with Crippen LogP contribution in [0, 0.1) is 0 Å². The van der Waals surface area contributed by atoms with E-state index >= 15 is 0 Å². The molecule has 0 N–H and O–H groups in total. The zero-order valence-corrected chi connectivity index (χ0v) is 8.23. The van der Waals surface area contributed by atoms with Crippen molar-refractivity contribution in [2.24, 2.45) is 0 Å². The van der Waals surface area contributed by atoms with Gasteiger partial charge in [0.05, 0.1) is 6.33 Å². The van der Waals surface area contributed by atoms with Gasteiger partial charge in [0.2, 0.25) is 0 Å². The van der Waals surface area contributed by atoms with Crippen molar-refractivity contribution in [1.82, 2.24) is 0 Å². The van der Waals surface area contributed by atoms with Gasteiger partial charge in [-0.05, 0) is 22.8 Å². The van der Waals surface area contributed by atoms with Crippen LogP contribution in [0.1, 0.15) is 5.56 Å². The first-order valence-corrected chi connectivity index (χ1v) is 4.82. The monoisotopic (exact) mass is 198 g/mol. The summed E-state index contributed by atoms with van der Waals surface area (Å²) < 4.78 is 11.9. The molecule has 0 atom stereocenters. The van der Waals surface area contributed by atoms with Crippen molar-refractivity contribution < 1.29 is 4.39 Å². The lowest BCUT2D eigenvalue weighted by Crippen LogP contribution is -1.77. The Morgan fingerprint density at radius 2 is 1.33 bits per heavy atom. The van der Waals surface area contributed by atoms with Gasteiger partial charge in [-0.2, -0.15) is 0 Å². The maximum atomic E-state index is 11.9. The highest BCUT2D eigenvalue weighted by atomic mass is 19.1. The zero-order valence-electron chi connectivity index (χ0n) is 8.23. The number of benzene rings is 2. The molecule has 0 amide bonds. The number of rotatable bonds is 2. The predicted molar refractivity (Wildman–Crippen MR) is 62.0 cm³/mol. The number of hydrogen-bond acceptors (Lipinski definition) is 0. The van der Waals surface area contributed by atoms with Gasteiger partial charge in [-0.15, -0.1) is 0 Å². The molecule has 0 aliphatic rings. The average molecular weight is 198 g/mol. The van der Waals surface area contributed by atoms with E-state index in [1.807, 2.05) is 42.5 Å². The molecule has 0 radical (unpaired) electrons. The largest absolute Gasteiger partial charge is 0.216 e. The minimum atomic E-state index is 0.553. The van der Waals surface area contributed by atoms with E-state index in [1.165, 1.54) is 11.6 Å². The third-order valence-electron chi connectivity index (χ3n) is 2.27. The Hall–Kier alpha value is -1.89. The normalized spacial score (nSPS) is 10.7. The summed E-state index contributed by atoms with van der Waals surface area (Å²) >= 11 is 0. The highest BCUT2D eigenvalue weighted by Gasteiger charge is 1.95. The summed E-state index contributed by atoms with van der Waals surface area (Å²) in [7, 11) is 0. The maximum absolute atomic E-state index is 11.9. The molecule has 0 aromatic heterocycles. The van der Waals surface area contributed by atoms with E-state index in [2.05, 4.69) is 12.1 Å². The summed E-state index contributed by atoms with van der Waals surface area (Å²) in [6.07, 6.45) is 1.99. The van der Waals surface area contributed by atoms with Gasteiger partial charge in [-0.3, -0.25) is 0 Å². The van der Waals surface area contributed by atoms with E-state index in [0.717, 1.165) is 11.1 Å². The van der Waals surface area contributed by atoms with Crippen LogP contribution in [0.2, 0.25) is 0 Å². The third-order valence-corrected chi connectivity index (χ3v) is 2.27. The molecule has 0 bridgehead atoms. The fourth-order valence-corrected chi connectivity index (χ4v) is 1.49. The van der Waals surface area contributed by atoms with Crippen molar-refractivity contribution in [2.75, 3.05) is 0 Å². The zero-order chi connectivity index (χ0) is 10.5. The Labute approximate surface area is 88.7 Å². The van der Waals surface area contributed by atoms with Crippen molar-refractivity contribution in [2.45, 2.75) is 0 Å². The fraction of sp³-hybridized carbons (Fsp3) is 0. The maximum Gasteiger partial charge on any atom is 0.0872 e. The van der Waals surface area contributed by atoms with Crippen LogP contribution in [0.5, 0.6) is 0 Å². The standard InChI is InChI=1S/C14H11F/c15-11-10-12-6-8-14(9-7-12)13-4-2-1-3-5-13/h1-11H/b11-10-. The van der Waals surface area contributed by atoms with E-state index in [9.17, 15) is 4.39 Å². The molecule has 0 spiro atoms. The molecule has 2 aromatic carbocycles. The van der Waals surface area contributed by atoms with E-state index in [0.29, 0.717) is 6.33 Å². The van der Waals surface area contributed by atoms with Crippen LogP contribution in [0.15, 0.2) is 60.9 Å². The minimum Gasteiger partial charge on any atom is -0.216 e. The van der Waals surface area contributed by atoms with Gasteiger partial charge in [0, 0.05) is 0 Å². The van der Waals surface area contributed by atoms with Crippen molar-refractivity contribution in [1.29, 1.82) is 0 Å². The second-order valence-corrected chi connectivity index (χ2v) is 3.28. The van der Waals surface area contributed by atoms with Gasteiger partial charge in [-0.25, -0.2) is 4.39 Å². The molecular formula is C14H11F. The molecule has 0 fully saturated rings. The minimum absolute atomic E-state index is 0.553. The highest BCUT2D eigenvalue weighted by Crippen LogP contribution is 2.19. The van der Waals surface area contributed by atoms with E-state index < -0.39 is 0 Å². The van der Waals surface area contributed by atoms with E-state index in [-0.39, 0.29) is 0 Å². The van der Waals surface area contributed by atoms with Crippen molar-refractivity contribution in [3.8, 4) is 11.1 Å². The molecule has 0 saturated heterocycles. The van der Waals surface area contributed by atoms with Crippen LogP contribution < -0.4 is 0 Å². The van der Waals surface area contributed by atoms with Gasteiger partial charge in [0.1, 0.15) is 0 Å². The highest BCUT2D eigenvalue weighted by molar-refractivity contribution is 5.65. The Morgan fingerprint density at radius 1 is 0.733 bits per heavy atom. The lowest BCUT2D eigenvalue weighted by molar-refractivity contribution is 0.727. The lowest BCUT2D eigenvalue weighted by Gasteiger charge is -2.01. The molecule has 0 heterocycles. The van der Waals surface area contributed by atoms with E-state index in [1.54, 1.807) is 0 Å². The van der Waals surface area contributed by atoms with Crippen LogP contribution in [-0.4, -0.2) is 0 Å². The van der Waals surface area contributed by atoms with Gasteiger partial charge >= 0.3 is 0 Å². The lowest BCUT2D eigenvalue weighted by atomic mass is 10.0. The molecule has 2 rings (SSSR count). The van der Waals surface area contributed by atoms with E-state index in [4.69, 9.17) is 0 Å². The molecule has 0 nitrogen and oxygen atoms in total. The topological polar surface area (TPSA) is 0 Å². The van der Waals surface area contributed by atoms with Crippen molar-refractivity contribution in [3.63, 3.8) is 0 Å². The molecule has 15 heavy (non-hydrogen) atoms. The summed E-state index contributed by atoms with van der Waals surface area (Å²) in [5, 5.41) is 0. The summed E-state index contributed by atoms with van der Waals surface area (Å²) in [5.74, 6) is 0. The first-order chi connectivity index (χ1) is 7.40. The predicted octanol–water partition coefficient (Wildman–Crippen LogP) is 4.29. The Kier molecular flexibility index (Phi) is 2.93. The SMILES string of the molecule is F/C=C\c1ccc(-c2ccccc2)cc1. The van der Waals surface area contributed by atoms with Crippen molar-refractivity contribution in [3.05, 3.63) is 66.5 Å². The molecule has 0 saturated carbocycles. The van der Waals surface area contributed by atoms with Crippen LogP contribution in [0.25, 0.3) is 17.2 Å². The second-order valence-electron chi connectivity index (χ2n) is 3.28. The number of hydrogen-bond donors (Lipinski definition) is 0. The van der Waals surface area contributed by atoms with Crippen LogP contribution in [0.4, 0.5) is 4.39 Å². The van der Waals surface area contributed by atoms with Gasteiger partial charge in [-0.1, -0.05) is 54.6 Å². The Morgan fingerprint density at radius 3 is 1.93 bits per heavy atom. The van der Waals surface area contributed by atoms with Gasteiger partial charge in [0.15, 0.2) is 0 Å². The Balaban J connectivity index is 2.32. The van der Waals surface area contributed by atoms with Gasteiger partial charge in [0.25, 0.3) is 0 Å². The molecule has 0 aliphatic carbocycles. The van der Waals surface area contributed by atoms with Crippen LogP contribution in [-0.2, 0) is 0 Å². The van der Waals surface area contributed by atoms with Gasteiger partial charge < -0.3 is 0 Å². The molecule has 1 heteroatoms. The number of halogens is 1. The fourth-order valence-electron chi connectivity index (χ4n) is 1.49. The summed E-state index contributed by atoms with van der Waals surface area (Å²) in [6.45, 7) is 0. The summed E-state index contributed by atoms with van der Waals surface area (Å²) in [5.41, 5.74) is 3.19. The summed E-state index contributed by atoms with van der Waals surface area (Å²) in [6, 6.07) is 17.9. The quantitative estimate of drug-likeness (QED) is 0.675. The average Bonchev–Trinajstić information content (AvgIpc) is 2.32. The smallest absolute Gasteiger partial charge is 0.0872 e. The first kappa shape index (κ1) is 9.66. The third kappa shape index (κ3) is 2.32. The molecule has 74 valence electrons. The summed E-state index contributed by atoms with van der Waals surface area (Å²) in [4.78, 5) is 0. The molecule has 0 unspecified atom stereocenters. The second kappa shape index (κ2) is 4.56. The van der Waals surface area contributed by atoms with Crippen LogP contribution >= 0.6 is 0 Å². The van der Waals surface area contributed by atoms with Crippen molar-refractivity contribution >= 4 is 6.08 Å². The van der Waals surface area contributed by atoms with Crippen LogP contribution in [0.3, 0.4) is 0 Å². The molecular weight excluding hydrogens is 187 g/mol.